The Labute approximate surface area is 138 Å². The molecule has 0 radical (unpaired) electrons. The third-order valence-corrected chi connectivity index (χ3v) is 3.50. The number of aromatic nitrogens is 2. The van der Waals surface area contributed by atoms with Crippen LogP contribution in [0.4, 0.5) is 0 Å². The maximum absolute atomic E-state index is 8.79. The summed E-state index contributed by atoms with van der Waals surface area (Å²) in [6, 6.07) is 16.9. The molecule has 0 saturated heterocycles. The Morgan fingerprint density at radius 2 is 1.96 bits per heavy atom. The van der Waals surface area contributed by atoms with Gasteiger partial charge in [0.25, 0.3) is 5.89 Å². The van der Waals surface area contributed by atoms with Gasteiger partial charge in [0, 0.05) is 5.56 Å². The first-order valence-electron chi connectivity index (χ1n) is 6.94. The highest BCUT2D eigenvalue weighted by Gasteiger charge is 2.11. The van der Waals surface area contributed by atoms with E-state index in [2.05, 4.69) is 16.3 Å². The van der Waals surface area contributed by atoms with E-state index in [0.717, 1.165) is 16.7 Å². The van der Waals surface area contributed by atoms with Crippen molar-refractivity contribution < 1.29 is 4.42 Å². The van der Waals surface area contributed by atoms with Crippen molar-refractivity contribution in [2.45, 2.75) is 6.92 Å². The molecule has 23 heavy (non-hydrogen) atoms. The Bertz CT molecular complexity index is 905. The van der Waals surface area contributed by atoms with Gasteiger partial charge < -0.3 is 4.42 Å². The Hall–Kier alpha value is -2.90. The zero-order valence-corrected chi connectivity index (χ0v) is 13.1. The summed E-state index contributed by atoms with van der Waals surface area (Å²) in [6.07, 6.45) is 1.72. The summed E-state index contributed by atoms with van der Waals surface area (Å²) in [5.74, 6) is 0.683. The normalized spacial score (nSPS) is 11.3. The van der Waals surface area contributed by atoms with Crippen molar-refractivity contribution in [1.82, 2.24) is 10.2 Å². The summed E-state index contributed by atoms with van der Waals surface area (Å²) in [5.41, 5.74) is 3.41. The van der Waals surface area contributed by atoms with Gasteiger partial charge in [-0.2, -0.15) is 5.26 Å². The first-order valence-corrected chi connectivity index (χ1v) is 7.32. The van der Waals surface area contributed by atoms with Crippen LogP contribution in [-0.4, -0.2) is 10.2 Å². The van der Waals surface area contributed by atoms with E-state index < -0.39 is 0 Å². The molecule has 0 fully saturated rings. The molecular weight excluding hydrogens is 310 g/mol. The van der Waals surface area contributed by atoms with Gasteiger partial charge in [-0.25, -0.2) is 0 Å². The lowest BCUT2D eigenvalue weighted by Crippen LogP contribution is -1.79. The third-order valence-electron chi connectivity index (χ3n) is 3.23. The maximum atomic E-state index is 8.79. The second-order valence-electron chi connectivity index (χ2n) is 5.01. The van der Waals surface area contributed by atoms with E-state index in [4.69, 9.17) is 21.3 Å². The highest BCUT2D eigenvalue weighted by Crippen LogP contribution is 2.25. The molecule has 0 saturated carbocycles. The highest BCUT2D eigenvalue weighted by molar-refractivity contribution is 6.50. The molecule has 4 nitrogen and oxygen atoms in total. The van der Waals surface area contributed by atoms with Gasteiger partial charge in [-0.05, 0) is 42.8 Å². The summed E-state index contributed by atoms with van der Waals surface area (Å²) in [5, 5.41) is 17.2. The van der Waals surface area contributed by atoms with Crippen LogP contribution in [0.25, 0.3) is 22.6 Å². The lowest BCUT2D eigenvalue weighted by Gasteiger charge is -1.97. The molecule has 0 aliphatic carbocycles. The van der Waals surface area contributed by atoms with Crippen LogP contribution in [-0.2, 0) is 0 Å². The van der Waals surface area contributed by atoms with Crippen LogP contribution in [0.1, 0.15) is 22.6 Å². The summed E-state index contributed by atoms with van der Waals surface area (Å²) in [4.78, 5) is 0. The number of aryl methyl sites for hydroxylation is 1. The van der Waals surface area contributed by atoms with Crippen LogP contribution in [0.5, 0.6) is 0 Å². The fraction of sp³-hybridized carbons (Fsp3) is 0.0556. The number of rotatable bonds is 3. The number of hydrogen-bond donors (Lipinski definition) is 0. The lowest BCUT2D eigenvalue weighted by molar-refractivity contribution is 0.556. The smallest absolute Gasteiger partial charge is 0.259 e. The van der Waals surface area contributed by atoms with Crippen molar-refractivity contribution in [2.75, 3.05) is 0 Å². The summed E-state index contributed by atoms with van der Waals surface area (Å²) in [7, 11) is 0. The van der Waals surface area contributed by atoms with Gasteiger partial charge in [0.1, 0.15) is 5.03 Å². The first-order chi connectivity index (χ1) is 11.2. The Kier molecular flexibility index (Phi) is 4.22. The van der Waals surface area contributed by atoms with Crippen molar-refractivity contribution in [3.63, 3.8) is 0 Å². The molecule has 0 aliphatic heterocycles. The van der Waals surface area contributed by atoms with E-state index in [0.29, 0.717) is 16.5 Å². The fourth-order valence-electron chi connectivity index (χ4n) is 2.08. The van der Waals surface area contributed by atoms with E-state index in [9.17, 15) is 0 Å². The quantitative estimate of drug-likeness (QED) is 0.704. The predicted octanol–water partition coefficient (Wildman–Crippen LogP) is 4.65. The third kappa shape index (κ3) is 3.47. The minimum atomic E-state index is 0.257. The molecule has 1 heterocycles. The molecule has 0 aliphatic rings. The second-order valence-corrected chi connectivity index (χ2v) is 5.42. The van der Waals surface area contributed by atoms with Crippen LogP contribution >= 0.6 is 11.6 Å². The molecule has 3 rings (SSSR count). The zero-order chi connectivity index (χ0) is 16.2. The number of halogens is 1. The van der Waals surface area contributed by atoms with Gasteiger partial charge in [-0.15, -0.1) is 10.2 Å². The van der Waals surface area contributed by atoms with Crippen LogP contribution < -0.4 is 0 Å². The largest absolute Gasteiger partial charge is 0.415 e. The van der Waals surface area contributed by atoms with Gasteiger partial charge in [0.15, 0.2) is 0 Å². The minimum absolute atomic E-state index is 0.257. The average molecular weight is 322 g/mol. The molecule has 3 aromatic rings. The molecule has 0 unspecified atom stereocenters. The first kappa shape index (κ1) is 15.0. The van der Waals surface area contributed by atoms with E-state index in [-0.39, 0.29) is 5.89 Å². The van der Waals surface area contributed by atoms with Crippen LogP contribution in [0.15, 0.2) is 52.9 Å². The molecule has 1 aromatic heterocycles. The van der Waals surface area contributed by atoms with E-state index >= 15 is 0 Å². The molecule has 0 bridgehead atoms. The summed E-state index contributed by atoms with van der Waals surface area (Å²) in [6.45, 7) is 2.00. The van der Waals surface area contributed by atoms with Crippen molar-refractivity contribution in [1.29, 1.82) is 5.26 Å². The second kappa shape index (κ2) is 6.47. The highest BCUT2D eigenvalue weighted by atomic mass is 35.5. The Morgan fingerprint density at radius 1 is 1.17 bits per heavy atom. The standard InChI is InChI=1S/C18H12ClN3O/c1-12-3-2-4-15(9-12)17-21-22-18(23-17)16(19)10-13-5-7-14(11-20)8-6-13/h2-10H,1H3/b16-10-. The van der Waals surface area contributed by atoms with Gasteiger partial charge in [0.2, 0.25) is 5.89 Å². The van der Waals surface area contributed by atoms with Crippen LogP contribution in [0, 0.1) is 18.3 Å². The number of benzene rings is 2. The van der Waals surface area contributed by atoms with Gasteiger partial charge in [-0.3, -0.25) is 0 Å². The van der Waals surface area contributed by atoms with Crippen LogP contribution in [0.2, 0.25) is 0 Å². The monoisotopic (exact) mass is 321 g/mol. The molecule has 0 N–H and O–H groups in total. The summed E-state index contributed by atoms with van der Waals surface area (Å²) < 4.78 is 5.63. The molecule has 0 amide bonds. The van der Waals surface area contributed by atoms with E-state index in [1.807, 2.05) is 31.2 Å². The van der Waals surface area contributed by atoms with Crippen LogP contribution in [0.3, 0.4) is 0 Å². The SMILES string of the molecule is Cc1cccc(-c2nnc(/C(Cl)=C/c3ccc(C#N)cc3)o2)c1. The maximum Gasteiger partial charge on any atom is 0.259 e. The average Bonchev–Trinajstić information content (AvgIpc) is 3.06. The van der Waals surface area contributed by atoms with Crippen molar-refractivity contribution in [2.24, 2.45) is 0 Å². The van der Waals surface area contributed by atoms with Gasteiger partial charge in [0.05, 0.1) is 11.6 Å². The Morgan fingerprint density at radius 3 is 2.65 bits per heavy atom. The van der Waals surface area contributed by atoms with Gasteiger partial charge in [-0.1, -0.05) is 41.4 Å². The molecular formula is C18H12ClN3O. The topological polar surface area (TPSA) is 62.7 Å². The fourth-order valence-corrected chi connectivity index (χ4v) is 2.28. The van der Waals surface area contributed by atoms with Crippen molar-refractivity contribution in [3.05, 3.63) is 71.1 Å². The molecule has 112 valence electrons. The number of nitriles is 1. The van der Waals surface area contributed by atoms with E-state index in [1.54, 1.807) is 30.3 Å². The van der Waals surface area contributed by atoms with Crippen molar-refractivity contribution in [3.8, 4) is 17.5 Å². The molecule has 0 spiro atoms. The molecule has 5 heteroatoms. The van der Waals surface area contributed by atoms with Crippen molar-refractivity contribution >= 4 is 22.7 Å². The number of nitrogens with zero attached hydrogens (tertiary/aromatic N) is 3. The zero-order valence-electron chi connectivity index (χ0n) is 12.3. The predicted molar refractivity (Wildman–Crippen MR) is 89.4 cm³/mol. The van der Waals surface area contributed by atoms with Gasteiger partial charge >= 0.3 is 0 Å². The minimum Gasteiger partial charge on any atom is -0.415 e. The summed E-state index contributed by atoms with van der Waals surface area (Å²) >= 11 is 6.25. The molecule has 2 aromatic carbocycles. The van der Waals surface area contributed by atoms with E-state index in [1.165, 1.54) is 0 Å². The Balaban J connectivity index is 1.87. The molecule has 0 atom stereocenters. The lowest BCUT2D eigenvalue weighted by atomic mass is 10.1. The number of hydrogen-bond acceptors (Lipinski definition) is 4.